The van der Waals surface area contributed by atoms with E-state index < -0.39 is 10.0 Å². The van der Waals surface area contributed by atoms with Gasteiger partial charge in [0.2, 0.25) is 10.0 Å². The van der Waals surface area contributed by atoms with Gasteiger partial charge in [-0.2, -0.15) is 0 Å². The van der Waals surface area contributed by atoms with Crippen molar-refractivity contribution < 1.29 is 13.2 Å². The number of sulfonamides is 1. The van der Waals surface area contributed by atoms with Gasteiger partial charge in [0.25, 0.3) is 5.91 Å². The predicted octanol–water partition coefficient (Wildman–Crippen LogP) is 2.13. The second kappa shape index (κ2) is 8.57. The number of hydrogen-bond donors (Lipinski definition) is 3. The molecular formula is C19H25N5O3S. The van der Waals surface area contributed by atoms with Gasteiger partial charge in [-0.15, -0.1) is 0 Å². The first-order valence-electron chi connectivity index (χ1n) is 9.32. The number of pyridine rings is 1. The van der Waals surface area contributed by atoms with Gasteiger partial charge in [-0.1, -0.05) is 0 Å². The number of carbonyl (C=O) groups is 1. The standard InChI is InChI=1S/C19H25N5O3S/c1-3-24(4-2)18-12-5-14(13-20-18)19(25)22-21-15-8-10-17(11-9-15)28(26,27)23-16-6-7-16/h5,8-13,16,21,23H,3-4,6-7H2,1-2H3,(H,22,25). The summed E-state index contributed by atoms with van der Waals surface area (Å²) in [7, 11) is -3.48. The zero-order chi connectivity index (χ0) is 20.1. The lowest BCUT2D eigenvalue weighted by molar-refractivity contribution is 0.0962. The molecule has 0 saturated heterocycles. The van der Waals surface area contributed by atoms with Crippen LogP contribution in [0.25, 0.3) is 0 Å². The normalized spacial score (nSPS) is 13.8. The fourth-order valence-corrected chi connectivity index (χ4v) is 3.97. The number of amides is 1. The van der Waals surface area contributed by atoms with E-state index in [4.69, 9.17) is 0 Å². The Morgan fingerprint density at radius 3 is 2.32 bits per heavy atom. The van der Waals surface area contributed by atoms with Crippen LogP contribution in [0.5, 0.6) is 0 Å². The fraction of sp³-hybridized carbons (Fsp3) is 0.368. The van der Waals surface area contributed by atoms with Crippen molar-refractivity contribution in [1.29, 1.82) is 0 Å². The second-order valence-corrected chi connectivity index (χ2v) is 8.29. The zero-order valence-corrected chi connectivity index (χ0v) is 16.8. The smallest absolute Gasteiger partial charge is 0.271 e. The maximum atomic E-state index is 12.3. The molecule has 3 N–H and O–H groups in total. The van der Waals surface area contributed by atoms with Gasteiger partial charge in [-0.25, -0.2) is 18.1 Å². The minimum Gasteiger partial charge on any atom is -0.357 e. The molecule has 0 atom stereocenters. The third kappa shape index (κ3) is 4.99. The van der Waals surface area contributed by atoms with Crippen molar-refractivity contribution in [2.45, 2.75) is 37.6 Å². The molecule has 1 fully saturated rings. The summed E-state index contributed by atoms with van der Waals surface area (Å²) in [6.45, 7) is 5.79. The van der Waals surface area contributed by atoms with Crippen LogP contribution in [0.1, 0.15) is 37.0 Å². The van der Waals surface area contributed by atoms with E-state index >= 15 is 0 Å². The van der Waals surface area contributed by atoms with Gasteiger partial charge in [0, 0.05) is 25.3 Å². The Balaban J connectivity index is 1.57. The van der Waals surface area contributed by atoms with E-state index in [1.807, 2.05) is 19.9 Å². The molecule has 1 heterocycles. The highest BCUT2D eigenvalue weighted by atomic mass is 32.2. The van der Waals surface area contributed by atoms with Crippen LogP contribution in [-0.4, -0.2) is 38.4 Å². The predicted molar refractivity (Wildman–Crippen MR) is 109 cm³/mol. The molecule has 3 rings (SSSR count). The van der Waals surface area contributed by atoms with Gasteiger partial charge >= 0.3 is 0 Å². The molecule has 0 aliphatic heterocycles. The highest BCUT2D eigenvalue weighted by molar-refractivity contribution is 7.89. The largest absolute Gasteiger partial charge is 0.357 e. The summed E-state index contributed by atoms with van der Waals surface area (Å²) in [5, 5.41) is 0. The van der Waals surface area contributed by atoms with E-state index in [0.29, 0.717) is 11.3 Å². The number of benzene rings is 1. The average molecular weight is 404 g/mol. The Kier molecular flexibility index (Phi) is 6.15. The lowest BCUT2D eigenvalue weighted by atomic mass is 10.2. The van der Waals surface area contributed by atoms with Crippen molar-refractivity contribution >= 4 is 27.4 Å². The molecule has 2 aromatic rings. The van der Waals surface area contributed by atoms with Crippen LogP contribution >= 0.6 is 0 Å². The summed E-state index contributed by atoms with van der Waals surface area (Å²) in [6.07, 6.45) is 3.30. The van der Waals surface area contributed by atoms with Gasteiger partial charge in [0.05, 0.1) is 16.1 Å². The van der Waals surface area contributed by atoms with E-state index in [2.05, 4.69) is 25.5 Å². The summed E-state index contributed by atoms with van der Waals surface area (Å²) in [5.74, 6) is 0.497. The van der Waals surface area contributed by atoms with E-state index in [1.54, 1.807) is 18.2 Å². The minimum atomic E-state index is -3.48. The molecular weight excluding hydrogens is 378 g/mol. The van der Waals surface area contributed by atoms with Crippen LogP contribution in [0.15, 0.2) is 47.5 Å². The number of rotatable bonds is 9. The molecule has 0 radical (unpaired) electrons. The Morgan fingerprint density at radius 2 is 1.79 bits per heavy atom. The van der Waals surface area contributed by atoms with Crippen molar-refractivity contribution in [2.75, 3.05) is 23.4 Å². The van der Waals surface area contributed by atoms with Gasteiger partial charge in [0.1, 0.15) is 5.82 Å². The third-order valence-corrected chi connectivity index (χ3v) is 6.02. The summed E-state index contributed by atoms with van der Waals surface area (Å²) in [4.78, 5) is 18.9. The summed E-state index contributed by atoms with van der Waals surface area (Å²) in [5.41, 5.74) is 6.37. The average Bonchev–Trinajstić information content (AvgIpc) is 3.51. The minimum absolute atomic E-state index is 0.0591. The van der Waals surface area contributed by atoms with E-state index in [-0.39, 0.29) is 16.8 Å². The SMILES string of the molecule is CCN(CC)c1ccc(C(=O)NNc2ccc(S(=O)(=O)NC3CC3)cc2)cn1. The highest BCUT2D eigenvalue weighted by Gasteiger charge is 2.27. The first-order chi connectivity index (χ1) is 13.4. The summed E-state index contributed by atoms with van der Waals surface area (Å²) >= 11 is 0. The number of nitrogens with zero attached hydrogens (tertiary/aromatic N) is 2. The molecule has 1 aromatic carbocycles. The van der Waals surface area contributed by atoms with E-state index in [9.17, 15) is 13.2 Å². The molecule has 0 bridgehead atoms. The van der Waals surface area contributed by atoms with Gasteiger partial charge < -0.3 is 4.90 Å². The topological polar surface area (TPSA) is 103 Å². The van der Waals surface area contributed by atoms with Crippen molar-refractivity contribution in [2.24, 2.45) is 0 Å². The molecule has 0 spiro atoms. The first kappa shape index (κ1) is 20.1. The summed E-state index contributed by atoms with van der Waals surface area (Å²) in [6, 6.07) is 9.79. The monoisotopic (exact) mass is 403 g/mol. The number of hydrazine groups is 1. The van der Waals surface area contributed by atoms with Crippen molar-refractivity contribution in [3.8, 4) is 0 Å². The molecule has 150 valence electrons. The Labute approximate surface area is 165 Å². The lowest BCUT2D eigenvalue weighted by Crippen LogP contribution is -2.30. The molecule has 1 amide bonds. The maximum Gasteiger partial charge on any atom is 0.271 e. The quantitative estimate of drug-likeness (QED) is 0.554. The molecule has 0 unspecified atom stereocenters. The molecule has 1 aromatic heterocycles. The Morgan fingerprint density at radius 1 is 1.11 bits per heavy atom. The Hall–Kier alpha value is -2.65. The molecule has 1 aliphatic rings. The fourth-order valence-electron chi connectivity index (χ4n) is 2.66. The number of nitrogens with one attached hydrogen (secondary N) is 3. The number of carbonyl (C=O) groups excluding carboxylic acids is 1. The van der Waals surface area contributed by atoms with Crippen LogP contribution in [0.2, 0.25) is 0 Å². The molecule has 9 heteroatoms. The van der Waals surface area contributed by atoms with Crippen molar-refractivity contribution in [1.82, 2.24) is 15.1 Å². The van der Waals surface area contributed by atoms with Crippen molar-refractivity contribution in [3.05, 3.63) is 48.2 Å². The second-order valence-electron chi connectivity index (χ2n) is 6.58. The van der Waals surface area contributed by atoms with Crippen LogP contribution in [0, 0.1) is 0 Å². The molecule has 28 heavy (non-hydrogen) atoms. The molecule has 1 aliphatic carbocycles. The summed E-state index contributed by atoms with van der Waals surface area (Å²) < 4.78 is 26.9. The first-order valence-corrected chi connectivity index (χ1v) is 10.8. The molecule has 8 nitrogen and oxygen atoms in total. The Bertz CT molecular complexity index is 906. The van der Waals surface area contributed by atoms with Crippen molar-refractivity contribution in [3.63, 3.8) is 0 Å². The van der Waals surface area contributed by atoms with Crippen LogP contribution in [-0.2, 0) is 10.0 Å². The molecule has 1 saturated carbocycles. The maximum absolute atomic E-state index is 12.3. The number of anilines is 2. The highest BCUT2D eigenvalue weighted by Crippen LogP contribution is 2.22. The number of aromatic nitrogens is 1. The van der Waals surface area contributed by atoms with Crippen LogP contribution in [0.4, 0.5) is 11.5 Å². The van der Waals surface area contributed by atoms with Gasteiger partial charge in [-0.05, 0) is 63.1 Å². The van der Waals surface area contributed by atoms with E-state index in [0.717, 1.165) is 31.7 Å². The van der Waals surface area contributed by atoms with E-state index in [1.165, 1.54) is 18.3 Å². The third-order valence-electron chi connectivity index (χ3n) is 4.48. The van der Waals surface area contributed by atoms with Gasteiger partial charge in [-0.3, -0.25) is 15.6 Å². The van der Waals surface area contributed by atoms with Crippen LogP contribution in [0.3, 0.4) is 0 Å². The van der Waals surface area contributed by atoms with Gasteiger partial charge in [0.15, 0.2) is 0 Å². The zero-order valence-electron chi connectivity index (χ0n) is 16.0. The van der Waals surface area contributed by atoms with Crippen LogP contribution < -0.4 is 20.5 Å². The number of hydrogen-bond acceptors (Lipinski definition) is 6. The lowest BCUT2D eigenvalue weighted by Gasteiger charge is -2.19.